The van der Waals surface area contributed by atoms with E-state index in [9.17, 15) is 8.42 Å². The third-order valence-electron chi connectivity index (χ3n) is 1.48. The summed E-state index contributed by atoms with van der Waals surface area (Å²) in [7, 11) is -3.66. The quantitative estimate of drug-likeness (QED) is 0.461. The molecular formula is C6H11N3O4S. The van der Waals surface area contributed by atoms with Crippen molar-refractivity contribution in [1.29, 1.82) is 0 Å². The van der Waals surface area contributed by atoms with E-state index in [1.807, 2.05) is 0 Å². The molecule has 1 aromatic heterocycles. The van der Waals surface area contributed by atoms with Crippen LogP contribution in [0.4, 0.5) is 0 Å². The van der Waals surface area contributed by atoms with Gasteiger partial charge in [-0.15, -0.1) is 0 Å². The molecule has 1 heterocycles. The van der Waals surface area contributed by atoms with Crippen LogP contribution >= 0.6 is 0 Å². The van der Waals surface area contributed by atoms with Crippen molar-refractivity contribution in [2.24, 2.45) is 0 Å². The van der Waals surface area contributed by atoms with Crippen molar-refractivity contribution in [2.45, 2.75) is 11.1 Å². The second kappa shape index (κ2) is 4.51. The fourth-order valence-corrected chi connectivity index (χ4v) is 1.71. The number of aromatic amines is 1. The van der Waals surface area contributed by atoms with Gasteiger partial charge < -0.3 is 15.2 Å². The number of sulfonamides is 1. The van der Waals surface area contributed by atoms with Crippen molar-refractivity contribution in [2.75, 3.05) is 13.2 Å². The number of rotatable bonds is 5. The molecule has 0 aromatic carbocycles. The Labute approximate surface area is 80.9 Å². The first-order valence-corrected chi connectivity index (χ1v) is 5.31. The summed E-state index contributed by atoms with van der Waals surface area (Å²) in [5.74, 6) is 0. The maximum Gasteiger partial charge on any atom is 0.257 e. The van der Waals surface area contributed by atoms with Crippen molar-refractivity contribution in [3.05, 3.63) is 12.5 Å². The largest absolute Gasteiger partial charge is 0.394 e. The van der Waals surface area contributed by atoms with Crippen molar-refractivity contribution in [3.8, 4) is 0 Å². The summed E-state index contributed by atoms with van der Waals surface area (Å²) in [6, 6.07) is 0. The molecule has 0 saturated carbocycles. The second-order valence-electron chi connectivity index (χ2n) is 2.60. The van der Waals surface area contributed by atoms with E-state index in [0.29, 0.717) is 0 Å². The third-order valence-corrected chi connectivity index (χ3v) is 2.83. The second-order valence-corrected chi connectivity index (χ2v) is 4.34. The number of aliphatic hydroxyl groups is 2. The molecule has 1 unspecified atom stereocenters. The predicted octanol–water partition coefficient (Wildman–Crippen LogP) is -1.96. The van der Waals surface area contributed by atoms with Gasteiger partial charge in [0.25, 0.3) is 10.0 Å². The van der Waals surface area contributed by atoms with Crippen LogP contribution in [0.15, 0.2) is 17.6 Å². The molecule has 1 rings (SSSR count). The summed E-state index contributed by atoms with van der Waals surface area (Å²) in [4.78, 5) is 5.96. The van der Waals surface area contributed by atoms with E-state index in [1.54, 1.807) is 0 Å². The number of nitrogens with one attached hydrogen (secondary N) is 2. The summed E-state index contributed by atoms with van der Waals surface area (Å²) in [6.07, 6.45) is 1.28. The fourth-order valence-electron chi connectivity index (χ4n) is 0.738. The van der Waals surface area contributed by atoms with E-state index in [0.717, 1.165) is 6.20 Å². The number of hydrogen-bond donors (Lipinski definition) is 4. The van der Waals surface area contributed by atoms with E-state index in [2.05, 4.69) is 14.7 Å². The van der Waals surface area contributed by atoms with Crippen LogP contribution in [0.25, 0.3) is 0 Å². The Morgan fingerprint density at radius 3 is 2.86 bits per heavy atom. The van der Waals surface area contributed by atoms with Crippen LogP contribution in [0.3, 0.4) is 0 Å². The molecule has 80 valence electrons. The molecule has 1 atom stereocenters. The maximum absolute atomic E-state index is 11.3. The van der Waals surface area contributed by atoms with E-state index in [-0.39, 0.29) is 11.6 Å². The zero-order valence-corrected chi connectivity index (χ0v) is 8.03. The smallest absolute Gasteiger partial charge is 0.257 e. The Hall–Kier alpha value is -0.960. The molecule has 0 radical (unpaired) electrons. The minimum atomic E-state index is -3.66. The average Bonchev–Trinajstić information content (AvgIpc) is 2.67. The highest BCUT2D eigenvalue weighted by atomic mass is 32.2. The van der Waals surface area contributed by atoms with Crippen LogP contribution in [0.2, 0.25) is 0 Å². The van der Waals surface area contributed by atoms with Crippen molar-refractivity contribution in [1.82, 2.24) is 14.7 Å². The molecule has 7 nitrogen and oxygen atoms in total. The minimum absolute atomic E-state index is 0.0809. The lowest BCUT2D eigenvalue weighted by Gasteiger charge is -2.07. The van der Waals surface area contributed by atoms with E-state index < -0.39 is 22.7 Å². The molecule has 0 fully saturated rings. The summed E-state index contributed by atoms with van der Waals surface area (Å²) < 4.78 is 24.8. The van der Waals surface area contributed by atoms with Crippen molar-refractivity contribution >= 4 is 10.0 Å². The molecule has 0 spiro atoms. The van der Waals surface area contributed by atoms with E-state index in [4.69, 9.17) is 10.2 Å². The standard InChI is InChI=1S/C6H11N3O4S/c10-3-5(11)1-9-14(12,13)6-2-7-4-8-6/h2,4-5,9-11H,1,3H2,(H,7,8). The van der Waals surface area contributed by atoms with Gasteiger partial charge in [-0.05, 0) is 0 Å². The lowest BCUT2D eigenvalue weighted by Crippen LogP contribution is -2.34. The van der Waals surface area contributed by atoms with Gasteiger partial charge in [-0.3, -0.25) is 0 Å². The minimum Gasteiger partial charge on any atom is -0.394 e. The Morgan fingerprint density at radius 1 is 1.64 bits per heavy atom. The van der Waals surface area contributed by atoms with Gasteiger partial charge in [-0.25, -0.2) is 18.1 Å². The molecule has 0 bridgehead atoms. The number of hydrogen-bond acceptors (Lipinski definition) is 5. The lowest BCUT2D eigenvalue weighted by molar-refractivity contribution is 0.0988. The highest BCUT2D eigenvalue weighted by Crippen LogP contribution is 2.01. The number of aromatic nitrogens is 2. The molecule has 8 heteroatoms. The van der Waals surface area contributed by atoms with Crippen LogP contribution in [0.5, 0.6) is 0 Å². The molecular weight excluding hydrogens is 210 g/mol. The van der Waals surface area contributed by atoms with Crippen LogP contribution in [0.1, 0.15) is 0 Å². The average molecular weight is 221 g/mol. The summed E-state index contributed by atoms with van der Waals surface area (Å²) in [6.45, 7) is -0.733. The zero-order chi connectivity index (χ0) is 10.6. The van der Waals surface area contributed by atoms with Crippen LogP contribution in [0, 0.1) is 0 Å². The monoisotopic (exact) mass is 221 g/mol. The first kappa shape index (κ1) is 11.1. The van der Waals surface area contributed by atoms with Gasteiger partial charge in [0.05, 0.1) is 25.2 Å². The Morgan fingerprint density at radius 2 is 2.36 bits per heavy atom. The molecule has 0 amide bonds. The molecule has 0 saturated heterocycles. The Bertz CT molecular complexity index is 360. The topological polar surface area (TPSA) is 115 Å². The third kappa shape index (κ3) is 2.77. The van der Waals surface area contributed by atoms with Crippen molar-refractivity contribution in [3.63, 3.8) is 0 Å². The molecule has 4 N–H and O–H groups in total. The van der Waals surface area contributed by atoms with Gasteiger partial charge in [-0.1, -0.05) is 0 Å². The lowest BCUT2D eigenvalue weighted by atomic mass is 10.4. The van der Waals surface area contributed by atoms with Gasteiger partial charge >= 0.3 is 0 Å². The van der Waals surface area contributed by atoms with Gasteiger partial charge in [0, 0.05) is 6.54 Å². The first-order chi connectivity index (χ1) is 6.56. The zero-order valence-electron chi connectivity index (χ0n) is 7.21. The number of imidazole rings is 1. The summed E-state index contributed by atoms with van der Waals surface area (Å²) >= 11 is 0. The van der Waals surface area contributed by atoms with E-state index in [1.165, 1.54) is 6.33 Å². The Kier molecular flexibility index (Phi) is 3.58. The van der Waals surface area contributed by atoms with Gasteiger partial charge in [0.1, 0.15) is 0 Å². The van der Waals surface area contributed by atoms with Gasteiger partial charge in [-0.2, -0.15) is 0 Å². The Balaban J connectivity index is 2.60. The van der Waals surface area contributed by atoms with E-state index >= 15 is 0 Å². The SMILES string of the molecule is O=S(=O)(NCC(O)CO)c1cnc[nH]1. The van der Waals surface area contributed by atoms with Gasteiger partial charge in [0.15, 0.2) is 5.03 Å². The molecule has 0 aliphatic heterocycles. The summed E-state index contributed by atoms with van der Waals surface area (Å²) in [5.41, 5.74) is 0. The van der Waals surface area contributed by atoms with Crippen LogP contribution < -0.4 is 4.72 Å². The maximum atomic E-state index is 11.3. The molecule has 1 aromatic rings. The first-order valence-electron chi connectivity index (χ1n) is 3.83. The van der Waals surface area contributed by atoms with Crippen LogP contribution in [-0.4, -0.2) is 47.9 Å². The predicted molar refractivity (Wildman–Crippen MR) is 46.9 cm³/mol. The van der Waals surface area contributed by atoms with Crippen LogP contribution in [-0.2, 0) is 10.0 Å². The van der Waals surface area contributed by atoms with Gasteiger partial charge in [0.2, 0.25) is 0 Å². The molecule has 14 heavy (non-hydrogen) atoms. The summed E-state index contributed by atoms with van der Waals surface area (Å²) in [5, 5.41) is 17.3. The highest BCUT2D eigenvalue weighted by molar-refractivity contribution is 7.89. The fraction of sp³-hybridized carbons (Fsp3) is 0.500. The van der Waals surface area contributed by atoms with Crippen molar-refractivity contribution < 1.29 is 18.6 Å². The highest BCUT2D eigenvalue weighted by Gasteiger charge is 2.16. The number of aliphatic hydroxyl groups excluding tert-OH is 2. The number of H-pyrrole nitrogens is 1. The normalized spacial score (nSPS) is 14.1. The molecule has 0 aliphatic rings. The molecule has 0 aliphatic carbocycles. The number of nitrogens with zero attached hydrogens (tertiary/aromatic N) is 1.